The SMILES string of the molecule is Cc1ccc(N(c2ccccc2)c2ccc(-c3cccc(O)c3)cc2)cc1. The normalized spacial score (nSPS) is 10.6. The number of nitrogens with zero attached hydrogens (tertiary/aromatic N) is 1. The van der Waals surface area contributed by atoms with E-state index in [0.717, 1.165) is 28.2 Å². The number of hydrogen-bond donors (Lipinski definition) is 1. The minimum atomic E-state index is 0.280. The molecule has 4 rings (SSSR count). The lowest BCUT2D eigenvalue weighted by atomic mass is 10.0. The molecule has 0 unspecified atom stereocenters. The average Bonchev–Trinajstić information content (AvgIpc) is 2.71. The largest absolute Gasteiger partial charge is 0.508 e. The molecule has 4 aromatic carbocycles. The number of anilines is 3. The smallest absolute Gasteiger partial charge is 0.116 e. The summed E-state index contributed by atoms with van der Waals surface area (Å²) >= 11 is 0. The molecule has 0 aromatic heterocycles. The third-order valence-electron chi connectivity index (χ3n) is 4.61. The van der Waals surface area contributed by atoms with Crippen LogP contribution in [0.15, 0.2) is 103 Å². The van der Waals surface area contributed by atoms with Crippen LogP contribution in [0.4, 0.5) is 17.1 Å². The zero-order valence-electron chi connectivity index (χ0n) is 15.2. The first kappa shape index (κ1) is 16.9. The van der Waals surface area contributed by atoms with Crippen LogP contribution in [0.25, 0.3) is 11.1 Å². The molecule has 0 aliphatic heterocycles. The van der Waals surface area contributed by atoms with E-state index in [9.17, 15) is 5.11 Å². The van der Waals surface area contributed by atoms with Gasteiger partial charge in [-0.2, -0.15) is 0 Å². The average molecular weight is 351 g/mol. The molecule has 2 nitrogen and oxygen atoms in total. The van der Waals surface area contributed by atoms with Gasteiger partial charge in [0.2, 0.25) is 0 Å². The predicted molar refractivity (Wildman–Crippen MR) is 113 cm³/mol. The Morgan fingerprint density at radius 3 is 1.78 bits per heavy atom. The summed E-state index contributed by atoms with van der Waals surface area (Å²) in [6.07, 6.45) is 0. The molecule has 132 valence electrons. The standard InChI is InChI=1S/C25H21NO/c1-19-10-14-23(15-11-19)26(22-7-3-2-4-8-22)24-16-12-20(13-17-24)21-6-5-9-25(27)18-21/h2-18,27H,1H3. The molecular formula is C25H21NO. The van der Waals surface area contributed by atoms with Crippen molar-refractivity contribution < 1.29 is 5.11 Å². The van der Waals surface area contributed by atoms with Crippen LogP contribution in [-0.4, -0.2) is 5.11 Å². The number of para-hydroxylation sites is 1. The monoisotopic (exact) mass is 351 g/mol. The van der Waals surface area contributed by atoms with Gasteiger partial charge in [0, 0.05) is 17.1 Å². The van der Waals surface area contributed by atoms with Gasteiger partial charge in [-0.05, 0) is 66.6 Å². The topological polar surface area (TPSA) is 23.5 Å². The molecule has 0 aliphatic rings. The zero-order chi connectivity index (χ0) is 18.6. The van der Waals surface area contributed by atoms with Gasteiger partial charge in [0.15, 0.2) is 0 Å². The highest BCUT2D eigenvalue weighted by Crippen LogP contribution is 2.35. The molecule has 0 spiro atoms. The van der Waals surface area contributed by atoms with Crippen LogP contribution < -0.4 is 4.90 Å². The summed E-state index contributed by atoms with van der Waals surface area (Å²) in [5.74, 6) is 0.280. The third kappa shape index (κ3) is 3.70. The second kappa shape index (κ2) is 7.38. The lowest BCUT2D eigenvalue weighted by Gasteiger charge is -2.25. The van der Waals surface area contributed by atoms with Crippen LogP contribution in [0, 0.1) is 6.92 Å². The Morgan fingerprint density at radius 2 is 1.15 bits per heavy atom. The number of aryl methyl sites for hydroxylation is 1. The maximum absolute atomic E-state index is 9.73. The zero-order valence-corrected chi connectivity index (χ0v) is 15.2. The van der Waals surface area contributed by atoms with Gasteiger partial charge >= 0.3 is 0 Å². The lowest BCUT2D eigenvalue weighted by Crippen LogP contribution is -2.09. The predicted octanol–water partition coefficient (Wildman–Crippen LogP) is 6.84. The molecule has 0 saturated carbocycles. The highest BCUT2D eigenvalue weighted by Gasteiger charge is 2.12. The molecule has 0 aliphatic carbocycles. The third-order valence-corrected chi connectivity index (χ3v) is 4.61. The maximum atomic E-state index is 9.73. The summed E-state index contributed by atoms with van der Waals surface area (Å²) < 4.78 is 0. The van der Waals surface area contributed by atoms with E-state index < -0.39 is 0 Å². The number of benzene rings is 4. The Labute approximate surface area is 160 Å². The molecule has 0 atom stereocenters. The first-order valence-electron chi connectivity index (χ1n) is 9.02. The van der Waals surface area contributed by atoms with Crippen molar-refractivity contribution in [3.63, 3.8) is 0 Å². The van der Waals surface area contributed by atoms with Gasteiger partial charge in [0.25, 0.3) is 0 Å². The molecule has 0 fully saturated rings. The highest BCUT2D eigenvalue weighted by molar-refractivity contribution is 5.78. The van der Waals surface area contributed by atoms with E-state index in [1.165, 1.54) is 5.56 Å². The van der Waals surface area contributed by atoms with E-state index >= 15 is 0 Å². The molecule has 2 heteroatoms. The highest BCUT2D eigenvalue weighted by atomic mass is 16.3. The van der Waals surface area contributed by atoms with Crippen LogP contribution in [0.3, 0.4) is 0 Å². The van der Waals surface area contributed by atoms with Crippen molar-refractivity contribution in [3.05, 3.63) is 109 Å². The fourth-order valence-corrected chi connectivity index (χ4v) is 3.21. The van der Waals surface area contributed by atoms with Gasteiger partial charge in [-0.25, -0.2) is 0 Å². The van der Waals surface area contributed by atoms with Crippen LogP contribution >= 0.6 is 0 Å². The van der Waals surface area contributed by atoms with Crippen LogP contribution in [0.2, 0.25) is 0 Å². The molecule has 0 bridgehead atoms. The summed E-state index contributed by atoms with van der Waals surface area (Å²) in [4.78, 5) is 2.24. The summed E-state index contributed by atoms with van der Waals surface area (Å²) in [6, 6.07) is 34.7. The molecule has 0 heterocycles. The van der Waals surface area contributed by atoms with Crippen LogP contribution in [-0.2, 0) is 0 Å². The van der Waals surface area contributed by atoms with Gasteiger partial charge in [-0.3, -0.25) is 0 Å². The molecule has 1 N–H and O–H groups in total. The first-order chi connectivity index (χ1) is 13.2. The fourth-order valence-electron chi connectivity index (χ4n) is 3.21. The van der Waals surface area contributed by atoms with E-state index in [1.807, 2.05) is 18.2 Å². The Balaban J connectivity index is 1.75. The summed E-state index contributed by atoms with van der Waals surface area (Å²) in [5, 5.41) is 9.73. The van der Waals surface area contributed by atoms with E-state index in [4.69, 9.17) is 0 Å². The van der Waals surface area contributed by atoms with Gasteiger partial charge in [-0.1, -0.05) is 60.2 Å². The quantitative estimate of drug-likeness (QED) is 0.435. The molecule has 27 heavy (non-hydrogen) atoms. The van der Waals surface area contributed by atoms with Gasteiger partial charge < -0.3 is 10.0 Å². The second-order valence-corrected chi connectivity index (χ2v) is 6.60. The van der Waals surface area contributed by atoms with Crippen molar-refractivity contribution in [1.29, 1.82) is 0 Å². The number of hydrogen-bond acceptors (Lipinski definition) is 2. The van der Waals surface area contributed by atoms with Gasteiger partial charge in [-0.15, -0.1) is 0 Å². The molecule has 0 saturated heterocycles. The number of phenols is 1. The number of phenolic OH excluding ortho intramolecular Hbond substituents is 1. The van der Waals surface area contributed by atoms with Gasteiger partial charge in [0.1, 0.15) is 5.75 Å². The Morgan fingerprint density at radius 1 is 0.556 bits per heavy atom. The maximum Gasteiger partial charge on any atom is 0.116 e. The minimum absolute atomic E-state index is 0.280. The summed E-state index contributed by atoms with van der Waals surface area (Å²) in [6.45, 7) is 2.10. The fraction of sp³-hybridized carbons (Fsp3) is 0.0400. The Bertz CT molecular complexity index is 1020. The minimum Gasteiger partial charge on any atom is -0.508 e. The molecule has 4 aromatic rings. The van der Waals surface area contributed by atoms with Crippen molar-refractivity contribution in [1.82, 2.24) is 0 Å². The van der Waals surface area contributed by atoms with E-state index in [-0.39, 0.29) is 5.75 Å². The molecule has 0 amide bonds. The molecular weight excluding hydrogens is 330 g/mol. The molecule has 0 radical (unpaired) electrons. The van der Waals surface area contributed by atoms with Crippen LogP contribution in [0.1, 0.15) is 5.56 Å². The van der Waals surface area contributed by atoms with Crippen molar-refractivity contribution >= 4 is 17.1 Å². The number of rotatable bonds is 4. The van der Waals surface area contributed by atoms with Gasteiger partial charge in [0.05, 0.1) is 0 Å². The summed E-state index contributed by atoms with van der Waals surface area (Å²) in [5.41, 5.74) is 6.65. The Kier molecular flexibility index (Phi) is 4.63. The van der Waals surface area contributed by atoms with E-state index in [1.54, 1.807) is 12.1 Å². The number of aromatic hydroxyl groups is 1. The van der Waals surface area contributed by atoms with Crippen molar-refractivity contribution in [2.24, 2.45) is 0 Å². The van der Waals surface area contributed by atoms with Crippen molar-refractivity contribution in [2.75, 3.05) is 4.90 Å². The second-order valence-electron chi connectivity index (χ2n) is 6.60. The lowest BCUT2D eigenvalue weighted by molar-refractivity contribution is 0.475. The van der Waals surface area contributed by atoms with Crippen molar-refractivity contribution in [3.8, 4) is 16.9 Å². The Hall–Kier alpha value is -3.52. The summed E-state index contributed by atoms with van der Waals surface area (Å²) in [7, 11) is 0. The van der Waals surface area contributed by atoms with Crippen LogP contribution in [0.5, 0.6) is 5.75 Å². The first-order valence-corrected chi connectivity index (χ1v) is 9.02. The van der Waals surface area contributed by atoms with E-state index in [2.05, 4.69) is 84.6 Å². The van der Waals surface area contributed by atoms with E-state index in [0.29, 0.717) is 0 Å². The van der Waals surface area contributed by atoms with Crippen molar-refractivity contribution in [2.45, 2.75) is 6.92 Å².